The summed E-state index contributed by atoms with van der Waals surface area (Å²) in [6, 6.07) is 14.8. The number of nitrogens with zero attached hydrogens (tertiary/aromatic N) is 2. The van der Waals surface area contributed by atoms with Crippen molar-refractivity contribution in [2.75, 3.05) is 6.54 Å². The zero-order chi connectivity index (χ0) is 20.4. The van der Waals surface area contributed by atoms with Crippen LogP contribution in [0.15, 0.2) is 59.0 Å². The molecular formula is C23H21FN2O3. The lowest BCUT2D eigenvalue weighted by molar-refractivity contribution is -0.130. The summed E-state index contributed by atoms with van der Waals surface area (Å²) in [6.45, 7) is 2.25. The summed E-state index contributed by atoms with van der Waals surface area (Å²) in [7, 11) is 0. The first-order chi connectivity index (χ1) is 14.0. The second-order valence-corrected chi connectivity index (χ2v) is 7.15. The van der Waals surface area contributed by atoms with E-state index in [4.69, 9.17) is 4.42 Å². The van der Waals surface area contributed by atoms with Gasteiger partial charge >= 0.3 is 0 Å². The number of hydrogen-bond acceptors (Lipinski definition) is 4. The summed E-state index contributed by atoms with van der Waals surface area (Å²) in [4.78, 5) is 31.8. The summed E-state index contributed by atoms with van der Waals surface area (Å²) < 4.78 is 19.6. The van der Waals surface area contributed by atoms with Crippen LogP contribution < -0.4 is 0 Å². The van der Waals surface area contributed by atoms with E-state index in [0.717, 1.165) is 6.42 Å². The molecule has 2 aromatic carbocycles. The van der Waals surface area contributed by atoms with Crippen LogP contribution in [0, 0.1) is 12.7 Å². The number of aromatic nitrogens is 1. The summed E-state index contributed by atoms with van der Waals surface area (Å²) >= 11 is 0. The van der Waals surface area contributed by atoms with E-state index in [-0.39, 0.29) is 29.6 Å². The number of ketones is 1. The molecule has 0 saturated carbocycles. The molecule has 1 fully saturated rings. The molecule has 1 aromatic heterocycles. The molecule has 5 nitrogen and oxygen atoms in total. The first-order valence-electron chi connectivity index (χ1n) is 9.64. The van der Waals surface area contributed by atoms with Gasteiger partial charge in [0.25, 0.3) is 0 Å². The van der Waals surface area contributed by atoms with Gasteiger partial charge in [-0.2, -0.15) is 0 Å². The van der Waals surface area contributed by atoms with Gasteiger partial charge in [0.2, 0.25) is 11.8 Å². The Hall–Kier alpha value is -3.28. The minimum Gasteiger partial charge on any atom is -0.441 e. The van der Waals surface area contributed by atoms with Gasteiger partial charge in [-0.1, -0.05) is 42.5 Å². The number of aryl methyl sites for hydroxylation is 1. The molecule has 1 saturated heterocycles. The maximum Gasteiger partial charge on any atom is 0.229 e. The fraction of sp³-hybridized carbons (Fsp3) is 0.261. The maximum atomic E-state index is 14.0. The molecule has 1 aliphatic rings. The van der Waals surface area contributed by atoms with Crippen LogP contribution >= 0.6 is 0 Å². The highest BCUT2D eigenvalue weighted by atomic mass is 19.1. The first-order valence-corrected chi connectivity index (χ1v) is 9.64. The number of Topliss-reactive ketones (excluding diaryl/α,β-unsaturated/α-hetero) is 1. The normalized spacial score (nSPS) is 16.2. The lowest BCUT2D eigenvalue weighted by atomic mass is 10.0. The molecule has 29 heavy (non-hydrogen) atoms. The van der Waals surface area contributed by atoms with Gasteiger partial charge in [-0.25, -0.2) is 9.37 Å². The Morgan fingerprint density at radius 3 is 2.62 bits per heavy atom. The third-order valence-corrected chi connectivity index (χ3v) is 5.25. The largest absolute Gasteiger partial charge is 0.441 e. The first kappa shape index (κ1) is 19.1. The van der Waals surface area contributed by atoms with Gasteiger partial charge in [0, 0.05) is 12.1 Å². The molecule has 0 radical (unpaired) electrons. The molecule has 2 heterocycles. The van der Waals surface area contributed by atoms with E-state index < -0.39 is 11.9 Å². The summed E-state index contributed by atoms with van der Waals surface area (Å²) in [5, 5.41) is 0. The van der Waals surface area contributed by atoms with Crippen LogP contribution in [0.4, 0.5) is 4.39 Å². The number of rotatable bonds is 5. The molecule has 0 N–H and O–H groups in total. The standard InChI is InChI=1S/C23H21FN2O3/c1-15-19(25-23(29-15)17-10-5-6-11-18(17)24)14-21(27)26-13-7-12-20(26)22(28)16-8-3-2-4-9-16/h2-6,8-11,20H,7,12-14H2,1H3. The van der Waals surface area contributed by atoms with E-state index in [1.54, 1.807) is 42.2 Å². The van der Waals surface area contributed by atoms with Gasteiger partial charge in [0.15, 0.2) is 5.78 Å². The SMILES string of the molecule is Cc1oc(-c2ccccc2F)nc1CC(=O)N1CCCC1C(=O)c1ccccc1. The molecule has 1 aliphatic heterocycles. The predicted molar refractivity (Wildman–Crippen MR) is 106 cm³/mol. The minimum atomic E-state index is -0.455. The fourth-order valence-electron chi connectivity index (χ4n) is 3.72. The smallest absolute Gasteiger partial charge is 0.229 e. The van der Waals surface area contributed by atoms with Crippen molar-refractivity contribution in [3.8, 4) is 11.5 Å². The van der Waals surface area contributed by atoms with Crippen molar-refractivity contribution in [3.05, 3.63) is 77.4 Å². The Kier molecular flexibility index (Phi) is 5.25. The number of halogens is 1. The molecule has 6 heteroatoms. The predicted octanol–water partition coefficient (Wildman–Crippen LogP) is 4.21. The number of benzene rings is 2. The van der Waals surface area contributed by atoms with Crippen LogP contribution in [-0.2, 0) is 11.2 Å². The highest BCUT2D eigenvalue weighted by Crippen LogP contribution is 2.26. The Morgan fingerprint density at radius 1 is 1.14 bits per heavy atom. The molecule has 1 amide bonds. The average molecular weight is 392 g/mol. The molecule has 0 aliphatic carbocycles. The number of carbonyl (C=O) groups is 2. The van der Waals surface area contributed by atoms with Crippen molar-refractivity contribution >= 4 is 11.7 Å². The van der Waals surface area contributed by atoms with Crippen LogP contribution in [0.3, 0.4) is 0 Å². The van der Waals surface area contributed by atoms with Crippen molar-refractivity contribution in [2.24, 2.45) is 0 Å². The number of hydrogen-bond donors (Lipinski definition) is 0. The van der Waals surface area contributed by atoms with Crippen molar-refractivity contribution in [1.29, 1.82) is 0 Å². The lowest BCUT2D eigenvalue weighted by Gasteiger charge is -2.23. The van der Waals surface area contributed by atoms with Crippen molar-refractivity contribution in [3.63, 3.8) is 0 Å². The van der Waals surface area contributed by atoms with E-state index in [1.807, 2.05) is 18.2 Å². The van der Waals surface area contributed by atoms with Crippen LogP contribution in [0.25, 0.3) is 11.5 Å². The molecule has 0 bridgehead atoms. The zero-order valence-corrected chi connectivity index (χ0v) is 16.1. The van der Waals surface area contributed by atoms with Gasteiger partial charge in [0.1, 0.15) is 11.6 Å². The van der Waals surface area contributed by atoms with E-state index >= 15 is 0 Å². The Balaban J connectivity index is 1.52. The number of likely N-dealkylation sites (tertiary alicyclic amines) is 1. The number of carbonyl (C=O) groups excluding carboxylic acids is 2. The highest BCUT2D eigenvalue weighted by molar-refractivity contribution is 6.02. The van der Waals surface area contributed by atoms with E-state index in [9.17, 15) is 14.0 Å². The second kappa shape index (κ2) is 7.99. The lowest BCUT2D eigenvalue weighted by Crippen LogP contribution is -2.41. The van der Waals surface area contributed by atoms with Gasteiger partial charge in [-0.05, 0) is 31.9 Å². The Morgan fingerprint density at radius 2 is 1.86 bits per heavy atom. The Bertz CT molecular complexity index is 1050. The molecule has 4 rings (SSSR count). The fourth-order valence-corrected chi connectivity index (χ4v) is 3.72. The molecule has 148 valence electrons. The van der Waals surface area contributed by atoms with Crippen LogP contribution in [0.2, 0.25) is 0 Å². The van der Waals surface area contributed by atoms with Crippen molar-refractivity contribution in [1.82, 2.24) is 9.88 Å². The van der Waals surface area contributed by atoms with Gasteiger partial charge in [0.05, 0.1) is 23.7 Å². The average Bonchev–Trinajstić information content (AvgIpc) is 3.36. The van der Waals surface area contributed by atoms with E-state index in [0.29, 0.717) is 30.0 Å². The van der Waals surface area contributed by atoms with Crippen molar-refractivity contribution in [2.45, 2.75) is 32.2 Å². The monoisotopic (exact) mass is 392 g/mol. The second-order valence-electron chi connectivity index (χ2n) is 7.15. The minimum absolute atomic E-state index is 0.0162. The van der Waals surface area contributed by atoms with E-state index in [2.05, 4.69) is 4.98 Å². The van der Waals surface area contributed by atoms with Crippen LogP contribution in [-0.4, -0.2) is 34.2 Å². The van der Waals surface area contributed by atoms with Gasteiger partial charge in [-0.3, -0.25) is 9.59 Å². The van der Waals surface area contributed by atoms with Gasteiger partial charge in [-0.15, -0.1) is 0 Å². The van der Waals surface area contributed by atoms with Gasteiger partial charge < -0.3 is 9.32 Å². The summed E-state index contributed by atoms with van der Waals surface area (Å²) in [5.41, 5.74) is 1.33. The molecular weight excluding hydrogens is 371 g/mol. The summed E-state index contributed by atoms with van der Waals surface area (Å²) in [6.07, 6.45) is 1.45. The van der Waals surface area contributed by atoms with Crippen molar-refractivity contribution < 1.29 is 18.4 Å². The quantitative estimate of drug-likeness (QED) is 0.611. The number of amides is 1. The maximum absolute atomic E-state index is 14.0. The van der Waals surface area contributed by atoms with Crippen LogP contribution in [0.5, 0.6) is 0 Å². The molecule has 1 unspecified atom stereocenters. The number of oxazole rings is 1. The topological polar surface area (TPSA) is 63.4 Å². The Labute approximate surface area is 168 Å². The zero-order valence-electron chi connectivity index (χ0n) is 16.1. The molecule has 1 atom stereocenters. The summed E-state index contributed by atoms with van der Waals surface area (Å²) in [5.74, 6) is -0.0169. The van der Waals surface area contributed by atoms with Crippen LogP contribution in [0.1, 0.15) is 34.7 Å². The highest BCUT2D eigenvalue weighted by Gasteiger charge is 2.35. The molecule has 0 spiro atoms. The third-order valence-electron chi connectivity index (χ3n) is 5.25. The molecule has 3 aromatic rings. The third kappa shape index (κ3) is 3.83. The van der Waals surface area contributed by atoms with E-state index in [1.165, 1.54) is 6.07 Å².